The van der Waals surface area contributed by atoms with Crippen molar-refractivity contribution in [1.82, 2.24) is 14.9 Å². The van der Waals surface area contributed by atoms with Crippen LogP contribution >= 0.6 is 23.2 Å². The topological polar surface area (TPSA) is 60.1 Å². The summed E-state index contributed by atoms with van der Waals surface area (Å²) < 4.78 is 6.68. The Balaban J connectivity index is 1.41. The van der Waals surface area contributed by atoms with E-state index >= 15 is 0 Å². The Labute approximate surface area is 161 Å². The van der Waals surface area contributed by atoms with Crippen molar-refractivity contribution in [3.63, 3.8) is 0 Å². The number of aromatic nitrogens is 2. The van der Waals surface area contributed by atoms with Gasteiger partial charge in [0.05, 0.1) is 17.3 Å². The highest BCUT2D eigenvalue weighted by atomic mass is 35.5. The van der Waals surface area contributed by atoms with E-state index in [0.29, 0.717) is 12.3 Å². The number of nitrogens with one attached hydrogen (secondary N) is 1. The molecule has 136 valence electrons. The molecule has 1 aliphatic carbocycles. The minimum atomic E-state index is -0.611. The minimum Gasteiger partial charge on any atom is -0.459 e. The van der Waals surface area contributed by atoms with Crippen LogP contribution in [-0.2, 0) is 13.0 Å². The number of halogens is 2. The van der Waals surface area contributed by atoms with Crippen molar-refractivity contribution in [3.05, 3.63) is 54.2 Å². The number of furan rings is 1. The number of hydrogen-bond donors (Lipinski definition) is 1. The predicted octanol–water partition coefficient (Wildman–Crippen LogP) is 4.19. The molecule has 0 saturated heterocycles. The molecule has 3 aromatic rings. The molecule has 0 bridgehead atoms. The van der Waals surface area contributed by atoms with Crippen LogP contribution in [0.4, 0.5) is 0 Å². The summed E-state index contributed by atoms with van der Waals surface area (Å²) in [6.45, 7) is 1.32. The number of para-hydroxylation sites is 2. The van der Waals surface area contributed by atoms with Gasteiger partial charge in [-0.05, 0) is 37.1 Å². The second-order valence-electron chi connectivity index (χ2n) is 6.63. The van der Waals surface area contributed by atoms with Crippen molar-refractivity contribution in [1.29, 1.82) is 0 Å². The smallest absolute Gasteiger partial charge is 0.286 e. The molecule has 1 atom stereocenters. The average molecular weight is 392 g/mol. The number of amides is 1. The maximum atomic E-state index is 11.9. The van der Waals surface area contributed by atoms with Crippen LogP contribution < -0.4 is 5.32 Å². The largest absolute Gasteiger partial charge is 0.459 e. The summed E-state index contributed by atoms with van der Waals surface area (Å²) in [6.07, 6.45) is 3.84. The minimum absolute atomic E-state index is 0.199. The first-order valence-electron chi connectivity index (χ1n) is 8.68. The van der Waals surface area contributed by atoms with Gasteiger partial charge < -0.3 is 14.3 Å². The van der Waals surface area contributed by atoms with E-state index in [-0.39, 0.29) is 11.8 Å². The fourth-order valence-corrected chi connectivity index (χ4v) is 3.66. The van der Waals surface area contributed by atoms with Crippen molar-refractivity contribution in [2.75, 3.05) is 6.54 Å². The molecule has 0 spiro atoms. The van der Waals surface area contributed by atoms with Crippen LogP contribution in [0.15, 0.2) is 47.1 Å². The molecule has 1 N–H and O–H groups in total. The number of fused-ring (bicyclic) bond motifs is 1. The third-order valence-electron chi connectivity index (χ3n) is 4.70. The van der Waals surface area contributed by atoms with Crippen LogP contribution in [0.25, 0.3) is 11.0 Å². The van der Waals surface area contributed by atoms with Gasteiger partial charge >= 0.3 is 0 Å². The quantitative estimate of drug-likeness (QED) is 0.485. The molecule has 1 aromatic carbocycles. The maximum Gasteiger partial charge on any atom is 0.286 e. The van der Waals surface area contributed by atoms with E-state index in [1.54, 1.807) is 12.1 Å². The Morgan fingerprint density at radius 1 is 1.31 bits per heavy atom. The third-order valence-corrected chi connectivity index (χ3v) is 5.63. The Bertz CT molecular complexity index is 918. The molecule has 1 amide bonds. The van der Waals surface area contributed by atoms with Crippen LogP contribution in [0.2, 0.25) is 0 Å². The summed E-state index contributed by atoms with van der Waals surface area (Å²) in [5, 5.41) is 2.86. The molecule has 26 heavy (non-hydrogen) atoms. The number of benzene rings is 1. The summed E-state index contributed by atoms with van der Waals surface area (Å²) in [5.41, 5.74) is 2.07. The molecule has 1 fully saturated rings. The highest BCUT2D eigenvalue weighted by Gasteiger charge is 2.51. The van der Waals surface area contributed by atoms with Crippen LogP contribution in [0.1, 0.15) is 29.2 Å². The highest BCUT2D eigenvalue weighted by Crippen LogP contribution is 2.54. The predicted molar refractivity (Wildman–Crippen MR) is 102 cm³/mol. The SMILES string of the molecule is O=C(NCCCc1nc2ccccc2n1C[C@H]1CC1(Cl)Cl)c1ccco1. The van der Waals surface area contributed by atoms with Crippen LogP contribution in [0, 0.1) is 5.92 Å². The van der Waals surface area contributed by atoms with Gasteiger partial charge in [0.1, 0.15) is 10.2 Å². The lowest BCUT2D eigenvalue weighted by atomic mass is 10.2. The number of imidazole rings is 1. The highest BCUT2D eigenvalue weighted by molar-refractivity contribution is 6.50. The number of carbonyl (C=O) groups excluding carboxylic acids is 1. The molecular formula is C19H19Cl2N3O2. The average Bonchev–Trinajstić information content (AvgIpc) is 3.03. The zero-order chi connectivity index (χ0) is 18.1. The summed E-state index contributed by atoms with van der Waals surface area (Å²) in [7, 11) is 0. The summed E-state index contributed by atoms with van der Waals surface area (Å²) >= 11 is 12.4. The fraction of sp³-hybridized carbons (Fsp3) is 0.368. The number of hydrogen-bond acceptors (Lipinski definition) is 3. The lowest BCUT2D eigenvalue weighted by molar-refractivity contribution is 0.0925. The molecule has 5 nitrogen and oxygen atoms in total. The van der Waals surface area contributed by atoms with Gasteiger partial charge in [-0.3, -0.25) is 4.79 Å². The van der Waals surface area contributed by atoms with Gasteiger partial charge in [-0.2, -0.15) is 0 Å². The van der Waals surface area contributed by atoms with E-state index in [0.717, 1.165) is 42.7 Å². The zero-order valence-electron chi connectivity index (χ0n) is 14.1. The second kappa shape index (κ2) is 6.97. The Morgan fingerprint density at radius 2 is 2.12 bits per heavy atom. The van der Waals surface area contributed by atoms with Gasteiger partial charge in [0, 0.05) is 25.4 Å². The molecule has 4 rings (SSSR count). The van der Waals surface area contributed by atoms with Gasteiger partial charge in [0.25, 0.3) is 5.91 Å². The van der Waals surface area contributed by atoms with Gasteiger partial charge in [-0.25, -0.2) is 4.98 Å². The molecular weight excluding hydrogens is 373 g/mol. The molecule has 0 unspecified atom stereocenters. The Morgan fingerprint density at radius 3 is 2.85 bits per heavy atom. The van der Waals surface area contributed by atoms with E-state index in [9.17, 15) is 4.79 Å². The first-order chi connectivity index (χ1) is 12.5. The third kappa shape index (κ3) is 3.60. The van der Waals surface area contributed by atoms with E-state index in [2.05, 4.69) is 16.0 Å². The van der Waals surface area contributed by atoms with Crippen molar-refractivity contribution in [2.45, 2.75) is 30.1 Å². The van der Waals surface area contributed by atoms with Crippen molar-refractivity contribution in [2.24, 2.45) is 5.92 Å². The molecule has 2 heterocycles. The number of alkyl halides is 2. The van der Waals surface area contributed by atoms with Gasteiger partial charge in [0.15, 0.2) is 5.76 Å². The lowest BCUT2D eigenvalue weighted by Crippen LogP contribution is -2.24. The molecule has 7 heteroatoms. The number of nitrogens with zero attached hydrogens (tertiary/aromatic N) is 2. The molecule has 1 aliphatic rings. The van der Waals surface area contributed by atoms with E-state index in [1.165, 1.54) is 6.26 Å². The van der Waals surface area contributed by atoms with Crippen molar-refractivity contribution < 1.29 is 9.21 Å². The Hall–Kier alpha value is -1.98. The monoisotopic (exact) mass is 391 g/mol. The van der Waals surface area contributed by atoms with Crippen molar-refractivity contribution in [3.8, 4) is 0 Å². The fourth-order valence-electron chi connectivity index (χ4n) is 3.15. The van der Waals surface area contributed by atoms with E-state index in [1.807, 2.05) is 18.2 Å². The number of carbonyl (C=O) groups is 1. The Kier molecular flexibility index (Phi) is 4.67. The molecule has 0 aliphatic heterocycles. The lowest BCUT2D eigenvalue weighted by Gasteiger charge is -2.10. The van der Waals surface area contributed by atoms with Crippen LogP contribution in [-0.4, -0.2) is 26.3 Å². The first kappa shape index (κ1) is 17.4. The second-order valence-corrected chi connectivity index (χ2v) is 8.17. The van der Waals surface area contributed by atoms with Gasteiger partial charge in [-0.15, -0.1) is 23.2 Å². The summed E-state index contributed by atoms with van der Waals surface area (Å²) in [5.74, 6) is 1.37. The maximum absolute atomic E-state index is 11.9. The van der Waals surface area contributed by atoms with Crippen LogP contribution in [0.5, 0.6) is 0 Å². The number of rotatable bonds is 7. The van der Waals surface area contributed by atoms with Crippen molar-refractivity contribution >= 4 is 40.1 Å². The summed E-state index contributed by atoms with van der Waals surface area (Å²) in [4.78, 5) is 16.6. The molecule has 1 saturated carbocycles. The van der Waals surface area contributed by atoms with Gasteiger partial charge in [-0.1, -0.05) is 12.1 Å². The zero-order valence-corrected chi connectivity index (χ0v) is 15.6. The molecule has 0 radical (unpaired) electrons. The standard InChI is InChI=1S/C19H19Cl2N3O2/c20-19(21)11-13(19)12-24-15-6-2-1-5-14(15)23-17(24)8-3-9-22-18(25)16-7-4-10-26-16/h1-2,4-7,10,13H,3,8-9,11-12H2,(H,22,25)/t13-/m1/s1. The van der Waals surface area contributed by atoms with Crippen LogP contribution in [0.3, 0.4) is 0 Å². The van der Waals surface area contributed by atoms with E-state index in [4.69, 9.17) is 32.6 Å². The van der Waals surface area contributed by atoms with Gasteiger partial charge in [0.2, 0.25) is 0 Å². The van der Waals surface area contributed by atoms with E-state index < -0.39 is 4.33 Å². The number of aryl methyl sites for hydroxylation is 1. The molecule has 2 aromatic heterocycles. The normalized spacial score (nSPS) is 18.2. The first-order valence-corrected chi connectivity index (χ1v) is 9.44. The summed E-state index contributed by atoms with van der Waals surface area (Å²) in [6, 6.07) is 11.4.